The van der Waals surface area contributed by atoms with Crippen molar-refractivity contribution in [3.8, 4) is 0 Å². The van der Waals surface area contributed by atoms with Crippen molar-refractivity contribution >= 4 is 38.9 Å². The van der Waals surface area contributed by atoms with Crippen molar-refractivity contribution < 1.29 is 0 Å². The first kappa shape index (κ1) is 16.7. The molecule has 0 bridgehead atoms. The summed E-state index contributed by atoms with van der Waals surface area (Å²) in [5.74, 6) is 1.84. The molecule has 2 aromatic rings. The van der Waals surface area contributed by atoms with Crippen LogP contribution in [0.4, 0.5) is 11.6 Å². The molecule has 1 aliphatic rings. The predicted molar refractivity (Wildman–Crippen MR) is 100 cm³/mol. The van der Waals surface area contributed by atoms with Crippen molar-refractivity contribution in [2.75, 3.05) is 37.4 Å². The number of hydrogen-bond donors (Lipinski definition) is 1. The SMILES string of the molecule is CN(C)c1cc(NC2CCCN(Cc3cc(Br)cs3)C2)ncn1. The highest BCUT2D eigenvalue weighted by atomic mass is 79.9. The number of aromatic nitrogens is 2. The normalized spacial score (nSPS) is 18.8. The molecule has 1 saturated heterocycles. The average molecular weight is 396 g/mol. The Kier molecular flexibility index (Phi) is 5.50. The maximum absolute atomic E-state index is 4.36. The number of piperidine rings is 1. The lowest BCUT2D eigenvalue weighted by Crippen LogP contribution is -2.41. The van der Waals surface area contributed by atoms with Crippen LogP contribution in [0.5, 0.6) is 0 Å². The van der Waals surface area contributed by atoms with Crippen LogP contribution in [0, 0.1) is 0 Å². The summed E-state index contributed by atoms with van der Waals surface area (Å²) >= 11 is 5.35. The van der Waals surface area contributed by atoms with Crippen molar-refractivity contribution in [2.45, 2.75) is 25.4 Å². The molecule has 0 saturated carbocycles. The van der Waals surface area contributed by atoms with Gasteiger partial charge in [0.25, 0.3) is 0 Å². The van der Waals surface area contributed by atoms with Gasteiger partial charge in [0, 0.05) is 54.0 Å². The molecular formula is C16H22BrN5S. The van der Waals surface area contributed by atoms with E-state index < -0.39 is 0 Å². The fraction of sp³-hybridized carbons (Fsp3) is 0.500. The minimum atomic E-state index is 0.442. The Bertz CT molecular complexity index is 645. The van der Waals surface area contributed by atoms with Gasteiger partial charge in [-0.1, -0.05) is 0 Å². The molecule has 1 atom stereocenters. The van der Waals surface area contributed by atoms with Crippen LogP contribution < -0.4 is 10.2 Å². The van der Waals surface area contributed by atoms with Crippen LogP contribution in [0.1, 0.15) is 17.7 Å². The second kappa shape index (κ2) is 7.59. The van der Waals surface area contributed by atoms with Crippen LogP contribution in [-0.4, -0.2) is 48.1 Å². The lowest BCUT2D eigenvalue weighted by molar-refractivity contribution is 0.210. The van der Waals surface area contributed by atoms with Gasteiger partial charge in [-0.25, -0.2) is 9.97 Å². The molecule has 5 nitrogen and oxygen atoms in total. The first-order valence-corrected chi connectivity index (χ1v) is 9.48. The van der Waals surface area contributed by atoms with Gasteiger partial charge in [-0.3, -0.25) is 4.90 Å². The topological polar surface area (TPSA) is 44.3 Å². The molecule has 7 heteroatoms. The lowest BCUT2D eigenvalue weighted by Gasteiger charge is -2.33. The molecule has 1 unspecified atom stereocenters. The number of likely N-dealkylation sites (tertiary alicyclic amines) is 1. The van der Waals surface area contributed by atoms with Crippen molar-refractivity contribution in [3.05, 3.63) is 33.2 Å². The molecule has 23 heavy (non-hydrogen) atoms. The maximum Gasteiger partial charge on any atom is 0.133 e. The first-order chi connectivity index (χ1) is 11.1. The molecule has 0 radical (unpaired) electrons. The van der Waals surface area contributed by atoms with Gasteiger partial charge in [0.2, 0.25) is 0 Å². The summed E-state index contributed by atoms with van der Waals surface area (Å²) in [7, 11) is 3.99. The highest BCUT2D eigenvalue weighted by molar-refractivity contribution is 9.10. The van der Waals surface area contributed by atoms with E-state index in [-0.39, 0.29) is 0 Å². The number of halogens is 1. The molecule has 3 rings (SSSR count). The lowest BCUT2D eigenvalue weighted by atomic mass is 10.1. The third-order valence-corrected chi connectivity index (χ3v) is 5.65. The molecule has 2 aromatic heterocycles. The third-order valence-electron chi connectivity index (χ3n) is 3.97. The van der Waals surface area contributed by atoms with Gasteiger partial charge in [0.1, 0.15) is 18.0 Å². The molecular weight excluding hydrogens is 374 g/mol. The minimum Gasteiger partial charge on any atom is -0.366 e. The number of hydrogen-bond acceptors (Lipinski definition) is 6. The number of nitrogens with zero attached hydrogens (tertiary/aromatic N) is 4. The standard InChI is InChI=1S/C16H22BrN5S/c1-21(2)16-7-15(18-11-19-16)20-13-4-3-5-22(8-13)9-14-6-12(17)10-23-14/h6-7,10-11,13H,3-5,8-9H2,1-2H3,(H,18,19,20). The van der Waals surface area contributed by atoms with E-state index in [1.807, 2.05) is 36.4 Å². The number of thiophene rings is 1. The monoisotopic (exact) mass is 395 g/mol. The van der Waals surface area contributed by atoms with E-state index in [1.165, 1.54) is 28.7 Å². The summed E-state index contributed by atoms with van der Waals surface area (Å²) in [5, 5.41) is 5.72. The van der Waals surface area contributed by atoms with Gasteiger partial charge in [-0.2, -0.15) is 0 Å². The van der Waals surface area contributed by atoms with E-state index in [9.17, 15) is 0 Å². The van der Waals surface area contributed by atoms with Crippen molar-refractivity contribution in [2.24, 2.45) is 0 Å². The molecule has 124 valence electrons. The largest absolute Gasteiger partial charge is 0.366 e. The second-order valence-corrected chi connectivity index (χ2v) is 8.02. The smallest absolute Gasteiger partial charge is 0.133 e. The zero-order valence-electron chi connectivity index (χ0n) is 13.5. The van der Waals surface area contributed by atoms with Gasteiger partial charge >= 0.3 is 0 Å². The van der Waals surface area contributed by atoms with E-state index in [0.29, 0.717) is 6.04 Å². The average Bonchev–Trinajstić information content (AvgIpc) is 2.93. The highest BCUT2D eigenvalue weighted by Crippen LogP contribution is 2.23. The Hall–Kier alpha value is -1.18. The maximum atomic E-state index is 4.36. The van der Waals surface area contributed by atoms with E-state index in [1.54, 1.807) is 6.33 Å². The summed E-state index contributed by atoms with van der Waals surface area (Å²) in [6, 6.07) is 4.67. The molecule has 1 N–H and O–H groups in total. The van der Waals surface area contributed by atoms with E-state index in [2.05, 4.69) is 47.6 Å². The van der Waals surface area contributed by atoms with E-state index in [0.717, 1.165) is 24.7 Å². The molecule has 0 aliphatic carbocycles. The zero-order valence-corrected chi connectivity index (χ0v) is 15.9. The molecule has 0 aromatic carbocycles. The minimum absolute atomic E-state index is 0.442. The summed E-state index contributed by atoms with van der Waals surface area (Å²) in [4.78, 5) is 14.6. The van der Waals surface area contributed by atoms with Gasteiger partial charge < -0.3 is 10.2 Å². The summed E-state index contributed by atoms with van der Waals surface area (Å²) in [6.07, 6.45) is 4.03. The zero-order chi connectivity index (χ0) is 16.2. The van der Waals surface area contributed by atoms with Gasteiger partial charge in [0.15, 0.2) is 0 Å². The van der Waals surface area contributed by atoms with Crippen LogP contribution in [0.3, 0.4) is 0 Å². The van der Waals surface area contributed by atoms with Crippen molar-refractivity contribution in [1.29, 1.82) is 0 Å². The fourth-order valence-electron chi connectivity index (χ4n) is 2.85. The van der Waals surface area contributed by atoms with Gasteiger partial charge in [-0.15, -0.1) is 11.3 Å². The third kappa shape index (κ3) is 4.65. The summed E-state index contributed by atoms with van der Waals surface area (Å²) in [5.41, 5.74) is 0. The Morgan fingerprint density at radius 3 is 3.00 bits per heavy atom. The molecule has 0 amide bonds. The highest BCUT2D eigenvalue weighted by Gasteiger charge is 2.20. The predicted octanol–water partition coefficient (Wildman–Crippen LogP) is 3.44. The van der Waals surface area contributed by atoms with Crippen LogP contribution in [-0.2, 0) is 6.54 Å². The fourth-order valence-corrected chi connectivity index (χ4v) is 4.35. The van der Waals surface area contributed by atoms with Gasteiger partial charge in [0.05, 0.1) is 0 Å². The summed E-state index contributed by atoms with van der Waals surface area (Å²) < 4.78 is 1.18. The Labute approximate surface area is 149 Å². The summed E-state index contributed by atoms with van der Waals surface area (Å²) in [6.45, 7) is 3.25. The van der Waals surface area contributed by atoms with Crippen LogP contribution >= 0.6 is 27.3 Å². The quantitative estimate of drug-likeness (QED) is 0.839. The molecule has 3 heterocycles. The van der Waals surface area contributed by atoms with Crippen molar-refractivity contribution in [1.82, 2.24) is 14.9 Å². The Morgan fingerprint density at radius 1 is 1.39 bits per heavy atom. The number of anilines is 2. The molecule has 0 spiro atoms. The van der Waals surface area contributed by atoms with Crippen LogP contribution in [0.2, 0.25) is 0 Å². The molecule has 1 aliphatic heterocycles. The second-order valence-electron chi connectivity index (χ2n) is 6.11. The Morgan fingerprint density at radius 2 is 2.26 bits per heavy atom. The number of rotatable bonds is 5. The van der Waals surface area contributed by atoms with Crippen molar-refractivity contribution in [3.63, 3.8) is 0 Å². The Balaban J connectivity index is 1.59. The van der Waals surface area contributed by atoms with Gasteiger partial charge in [-0.05, 0) is 41.4 Å². The molecule has 1 fully saturated rings. The van der Waals surface area contributed by atoms with Crippen LogP contribution in [0.25, 0.3) is 0 Å². The van der Waals surface area contributed by atoms with E-state index >= 15 is 0 Å². The van der Waals surface area contributed by atoms with E-state index in [4.69, 9.17) is 0 Å². The van der Waals surface area contributed by atoms with Crippen LogP contribution in [0.15, 0.2) is 28.3 Å². The first-order valence-electron chi connectivity index (χ1n) is 7.81. The number of nitrogens with one attached hydrogen (secondary N) is 1.